The van der Waals surface area contributed by atoms with Crippen molar-refractivity contribution in [3.05, 3.63) is 70.4 Å². The van der Waals surface area contributed by atoms with E-state index in [1.54, 1.807) is 48.9 Å². The molecule has 3 aromatic rings. The predicted octanol–water partition coefficient (Wildman–Crippen LogP) is 1.49. The summed E-state index contributed by atoms with van der Waals surface area (Å²) in [4.78, 5) is 32.7. The first-order valence-electron chi connectivity index (χ1n) is 7.29. The first kappa shape index (κ1) is 15.7. The summed E-state index contributed by atoms with van der Waals surface area (Å²) in [6.07, 6.45) is 4.59. The average Bonchev–Trinajstić information content (AvgIpc) is 2.61. The molecule has 0 bridgehead atoms. The Kier molecular flexibility index (Phi) is 4.24. The van der Waals surface area contributed by atoms with Gasteiger partial charge in [0.1, 0.15) is 5.65 Å². The molecule has 7 nitrogen and oxygen atoms in total. The third-order valence-electron chi connectivity index (χ3n) is 3.78. The van der Waals surface area contributed by atoms with Crippen LogP contribution in [0.5, 0.6) is 5.88 Å². The molecule has 1 N–H and O–H groups in total. The molecule has 7 heteroatoms. The molecule has 1 atom stereocenters. The second-order valence-corrected chi connectivity index (χ2v) is 5.20. The fourth-order valence-electron chi connectivity index (χ4n) is 2.61. The number of esters is 1. The van der Waals surface area contributed by atoms with Gasteiger partial charge in [0, 0.05) is 24.5 Å². The topological polar surface area (TPSA) is 93.8 Å². The van der Waals surface area contributed by atoms with Gasteiger partial charge >= 0.3 is 5.97 Å². The van der Waals surface area contributed by atoms with Gasteiger partial charge in [-0.3, -0.25) is 19.0 Å². The molecular weight excluding hydrogens is 310 g/mol. The third-order valence-corrected chi connectivity index (χ3v) is 3.78. The smallest absolute Gasteiger partial charge is 0.306 e. The molecule has 122 valence electrons. The van der Waals surface area contributed by atoms with Crippen LogP contribution in [0.3, 0.4) is 0 Å². The van der Waals surface area contributed by atoms with Gasteiger partial charge in [0.15, 0.2) is 0 Å². The van der Waals surface area contributed by atoms with Crippen molar-refractivity contribution in [1.82, 2.24) is 14.4 Å². The molecule has 3 aromatic heterocycles. The number of fused-ring (bicyclic) bond motifs is 1. The van der Waals surface area contributed by atoms with Crippen molar-refractivity contribution in [3.8, 4) is 5.88 Å². The van der Waals surface area contributed by atoms with Crippen molar-refractivity contribution >= 4 is 11.6 Å². The number of carbonyl (C=O) groups is 1. The van der Waals surface area contributed by atoms with Gasteiger partial charge in [-0.1, -0.05) is 12.1 Å². The normalized spacial score (nSPS) is 12.0. The lowest BCUT2D eigenvalue weighted by Crippen LogP contribution is -2.24. The highest BCUT2D eigenvalue weighted by Gasteiger charge is 2.26. The van der Waals surface area contributed by atoms with E-state index in [9.17, 15) is 14.7 Å². The minimum atomic E-state index is -0.705. The zero-order valence-corrected chi connectivity index (χ0v) is 12.9. The minimum absolute atomic E-state index is 0.0390. The van der Waals surface area contributed by atoms with Gasteiger partial charge in [0.05, 0.1) is 19.1 Å². The zero-order valence-electron chi connectivity index (χ0n) is 12.9. The molecule has 3 heterocycles. The molecule has 3 rings (SSSR count). The molecule has 0 fully saturated rings. The van der Waals surface area contributed by atoms with Crippen molar-refractivity contribution in [3.63, 3.8) is 0 Å². The number of aromatic nitrogens is 3. The summed E-state index contributed by atoms with van der Waals surface area (Å²) in [6, 6.07) is 8.45. The SMILES string of the molecule is COC(=O)C[C@@H](c1cccnc1)c1c(O)nc2ccccn2c1=O. The number of hydrogen-bond acceptors (Lipinski definition) is 6. The van der Waals surface area contributed by atoms with Crippen LogP contribution >= 0.6 is 0 Å². The predicted molar refractivity (Wildman–Crippen MR) is 85.8 cm³/mol. The average molecular weight is 325 g/mol. The van der Waals surface area contributed by atoms with Crippen molar-refractivity contribution < 1.29 is 14.6 Å². The molecule has 0 spiro atoms. The number of ether oxygens (including phenoxy) is 1. The Morgan fingerprint density at radius 2 is 2.17 bits per heavy atom. The number of nitrogens with zero attached hydrogens (tertiary/aromatic N) is 3. The second kappa shape index (κ2) is 6.49. The van der Waals surface area contributed by atoms with E-state index in [1.807, 2.05) is 0 Å². The highest BCUT2D eigenvalue weighted by molar-refractivity contribution is 5.71. The quantitative estimate of drug-likeness (QED) is 0.730. The van der Waals surface area contributed by atoms with Crippen LogP contribution in [0.2, 0.25) is 0 Å². The Hall–Kier alpha value is -3.22. The lowest BCUT2D eigenvalue weighted by Gasteiger charge is -2.17. The standard InChI is InChI=1S/C17H15N3O4/c1-24-14(21)9-12(11-5-4-7-18-10-11)15-16(22)19-13-6-2-3-8-20(13)17(15)23/h2-8,10,12,22H,9H2,1H3/t12-/m0/s1. The van der Waals surface area contributed by atoms with E-state index >= 15 is 0 Å². The van der Waals surface area contributed by atoms with E-state index in [2.05, 4.69) is 9.97 Å². The van der Waals surface area contributed by atoms with Crippen LogP contribution in [0, 0.1) is 0 Å². The summed E-state index contributed by atoms with van der Waals surface area (Å²) in [5.41, 5.74) is 0.549. The zero-order chi connectivity index (χ0) is 17.1. The van der Waals surface area contributed by atoms with E-state index < -0.39 is 23.3 Å². The van der Waals surface area contributed by atoms with E-state index in [-0.39, 0.29) is 12.0 Å². The maximum atomic E-state index is 12.8. The number of hydrogen-bond donors (Lipinski definition) is 1. The lowest BCUT2D eigenvalue weighted by atomic mass is 9.90. The Morgan fingerprint density at radius 3 is 2.88 bits per heavy atom. The summed E-state index contributed by atoms with van der Waals surface area (Å²) in [6.45, 7) is 0. The molecule has 0 aliphatic carbocycles. The van der Waals surface area contributed by atoms with Gasteiger partial charge < -0.3 is 9.84 Å². The first-order chi connectivity index (χ1) is 11.6. The van der Waals surface area contributed by atoms with Gasteiger partial charge in [-0.15, -0.1) is 0 Å². The summed E-state index contributed by atoms with van der Waals surface area (Å²) in [5, 5.41) is 10.3. The van der Waals surface area contributed by atoms with E-state index in [0.717, 1.165) is 0 Å². The molecule has 0 unspecified atom stereocenters. The molecule has 24 heavy (non-hydrogen) atoms. The van der Waals surface area contributed by atoms with Crippen LogP contribution in [0.4, 0.5) is 0 Å². The number of methoxy groups -OCH3 is 1. The maximum Gasteiger partial charge on any atom is 0.306 e. The maximum absolute atomic E-state index is 12.8. The Bertz CT molecular complexity index is 937. The summed E-state index contributed by atoms with van der Waals surface area (Å²) < 4.78 is 6.05. The second-order valence-electron chi connectivity index (χ2n) is 5.20. The van der Waals surface area contributed by atoms with E-state index in [0.29, 0.717) is 11.2 Å². The summed E-state index contributed by atoms with van der Waals surface area (Å²) in [7, 11) is 1.27. The molecular formula is C17H15N3O4. The van der Waals surface area contributed by atoms with Crippen LogP contribution in [-0.4, -0.2) is 32.6 Å². The van der Waals surface area contributed by atoms with Gasteiger partial charge in [0.2, 0.25) is 5.88 Å². The van der Waals surface area contributed by atoms with Crippen LogP contribution in [0.25, 0.3) is 5.65 Å². The summed E-state index contributed by atoms with van der Waals surface area (Å²) in [5.74, 6) is -1.60. The number of aromatic hydroxyl groups is 1. The molecule has 0 saturated carbocycles. The highest BCUT2D eigenvalue weighted by atomic mass is 16.5. The van der Waals surface area contributed by atoms with Gasteiger partial charge in [0.25, 0.3) is 5.56 Å². The summed E-state index contributed by atoms with van der Waals surface area (Å²) >= 11 is 0. The van der Waals surface area contributed by atoms with Gasteiger partial charge in [-0.25, -0.2) is 0 Å². The van der Waals surface area contributed by atoms with Crippen LogP contribution < -0.4 is 5.56 Å². The highest BCUT2D eigenvalue weighted by Crippen LogP contribution is 2.30. The Morgan fingerprint density at radius 1 is 1.33 bits per heavy atom. The molecule has 0 aromatic carbocycles. The van der Waals surface area contributed by atoms with E-state index in [1.165, 1.54) is 11.5 Å². The molecule has 0 radical (unpaired) electrons. The minimum Gasteiger partial charge on any atom is -0.493 e. The monoisotopic (exact) mass is 325 g/mol. The van der Waals surface area contributed by atoms with Gasteiger partial charge in [-0.2, -0.15) is 4.98 Å². The van der Waals surface area contributed by atoms with Crippen molar-refractivity contribution in [2.24, 2.45) is 0 Å². The fourth-order valence-corrected chi connectivity index (χ4v) is 2.61. The molecule has 0 amide bonds. The van der Waals surface area contributed by atoms with Crippen molar-refractivity contribution in [2.45, 2.75) is 12.3 Å². The largest absolute Gasteiger partial charge is 0.493 e. The number of pyridine rings is 2. The Balaban J connectivity index is 2.23. The van der Waals surface area contributed by atoms with Crippen molar-refractivity contribution in [2.75, 3.05) is 7.11 Å². The number of carbonyl (C=O) groups excluding carboxylic acids is 1. The molecule has 0 aliphatic heterocycles. The first-order valence-corrected chi connectivity index (χ1v) is 7.29. The molecule has 0 aliphatic rings. The van der Waals surface area contributed by atoms with Crippen LogP contribution in [0.1, 0.15) is 23.5 Å². The van der Waals surface area contributed by atoms with Crippen LogP contribution in [0.15, 0.2) is 53.7 Å². The molecule has 0 saturated heterocycles. The van der Waals surface area contributed by atoms with Crippen molar-refractivity contribution in [1.29, 1.82) is 0 Å². The lowest BCUT2D eigenvalue weighted by molar-refractivity contribution is -0.140. The number of rotatable bonds is 4. The van der Waals surface area contributed by atoms with E-state index in [4.69, 9.17) is 4.74 Å². The van der Waals surface area contributed by atoms with Crippen LogP contribution in [-0.2, 0) is 9.53 Å². The third kappa shape index (κ3) is 2.83. The Labute approximate surface area is 137 Å². The van der Waals surface area contributed by atoms with Gasteiger partial charge in [-0.05, 0) is 23.8 Å². The fraction of sp³-hybridized carbons (Fsp3) is 0.176.